The third-order valence-corrected chi connectivity index (χ3v) is 3.21. The second kappa shape index (κ2) is 6.45. The number of nitrogens with zero attached hydrogens (tertiary/aromatic N) is 1. The molecule has 0 amide bonds. The van der Waals surface area contributed by atoms with Crippen LogP contribution in [0.3, 0.4) is 0 Å². The van der Waals surface area contributed by atoms with Crippen LogP contribution in [0.2, 0.25) is 0 Å². The smallest absolute Gasteiger partial charge is 0.422 e. The van der Waals surface area contributed by atoms with Gasteiger partial charge in [-0.3, -0.25) is 4.90 Å². The molecule has 0 aliphatic carbocycles. The minimum Gasteiger partial charge on any atom is -0.484 e. The molecule has 0 aromatic heterocycles. The Balaban J connectivity index is 1.85. The molecule has 1 aliphatic heterocycles. The summed E-state index contributed by atoms with van der Waals surface area (Å²) in [4.78, 5) is 2.14. The van der Waals surface area contributed by atoms with Gasteiger partial charge >= 0.3 is 6.18 Å². The molecule has 1 heterocycles. The van der Waals surface area contributed by atoms with E-state index >= 15 is 0 Å². The van der Waals surface area contributed by atoms with Crippen LogP contribution >= 0.6 is 0 Å². The summed E-state index contributed by atoms with van der Waals surface area (Å²) in [5, 5.41) is 9.58. The van der Waals surface area contributed by atoms with Crippen LogP contribution in [0.1, 0.15) is 18.4 Å². The molecule has 1 unspecified atom stereocenters. The molecule has 6 heteroatoms. The molecule has 1 aromatic carbocycles. The Labute approximate surface area is 116 Å². The summed E-state index contributed by atoms with van der Waals surface area (Å²) in [5.74, 6) is 0.213. The van der Waals surface area contributed by atoms with Crippen molar-refractivity contribution in [3.05, 3.63) is 29.8 Å². The molecule has 1 N–H and O–H groups in total. The lowest BCUT2D eigenvalue weighted by Gasteiger charge is -2.29. The van der Waals surface area contributed by atoms with Gasteiger partial charge < -0.3 is 9.84 Å². The van der Waals surface area contributed by atoms with Gasteiger partial charge in [0.25, 0.3) is 0 Å². The van der Waals surface area contributed by atoms with Gasteiger partial charge in [0.2, 0.25) is 0 Å². The zero-order valence-electron chi connectivity index (χ0n) is 11.1. The normalized spacial score (nSPS) is 20.9. The molecule has 1 aliphatic rings. The molecular weight excluding hydrogens is 271 g/mol. The van der Waals surface area contributed by atoms with Crippen LogP contribution < -0.4 is 4.74 Å². The maximum atomic E-state index is 12.0. The second-order valence-electron chi connectivity index (χ2n) is 5.08. The standard InChI is InChI=1S/C14H18F3NO2/c15-14(16,17)10-20-13-5-3-11(4-6-13)8-18-7-1-2-12(19)9-18/h3-6,12,19H,1-2,7-10H2. The van der Waals surface area contributed by atoms with Crippen LogP contribution in [0.4, 0.5) is 13.2 Å². The van der Waals surface area contributed by atoms with Gasteiger partial charge in [-0.05, 0) is 37.1 Å². The molecule has 3 nitrogen and oxygen atoms in total. The average molecular weight is 289 g/mol. The van der Waals surface area contributed by atoms with Crippen molar-refractivity contribution in [2.45, 2.75) is 31.7 Å². The molecule has 1 fully saturated rings. The van der Waals surface area contributed by atoms with Crippen molar-refractivity contribution in [1.29, 1.82) is 0 Å². The molecule has 1 aromatic rings. The van der Waals surface area contributed by atoms with Crippen molar-refractivity contribution < 1.29 is 23.0 Å². The van der Waals surface area contributed by atoms with Crippen LogP contribution in [0.25, 0.3) is 0 Å². The van der Waals surface area contributed by atoms with Gasteiger partial charge in [0.1, 0.15) is 5.75 Å². The number of β-amino-alcohol motifs (C(OH)–C–C–N with tert-alkyl or cyclic N) is 1. The van der Waals surface area contributed by atoms with Crippen molar-refractivity contribution in [3.63, 3.8) is 0 Å². The number of aliphatic hydroxyl groups excluding tert-OH is 1. The zero-order chi connectivity index (χ0) is 14.6. The average Bonchev–Trinajstić information content (AvgIpc) is 2.37. The molecule has 0 bridgehead atoms. The van der Waals surface area contributed by atoms with Gasteiger partial charge in [-0.25, -0.2) is 0 Å². The van der Waals surface area contributed by atoms with Crippen LogP contribution in [-0.4, -0.2) is 42.0 Å². The highest BCUT2D eigenvalue weighted by atomic mass is 19.4. The highest BCUT2D eigenvalue weighted by Crippen LogP contribution is 2.20. The maximum absolute atomic E-state index is 12.0. The van der Waals surface area contributed by atoms with Crippen molar-refractivity contribution in [1.82, 2.24) is 4.90 Å². The van der Waals surface area contributed by atoms with Crippen molar-refractivity contribution in [3.8, 4) is 5.75 Å². The van der Waals surface area contributed by atoms with Gasteiger partial charge in [-0.2, -0.15) is 13.2 Å². The molecule has 0 saturated carbocycles. The van der Waals surface area contributed by atoms with E-state index in [1.54, 1.807) is 24.3 Å². The van der Waals surface area contributed by atoms with E-state index in [0.29, 0.717) is 13.1 Å². The Morgan fingerprint density at radius 3 is 2.55 bits per heavy atom. The van der Waals surface area contributed by atoms with Crippen molar-refractivity contribution in [2.75, 3.05) is 19.7 Å². The third-order valence-electron chi connectivity index (χ3n) is 3.21. The second-order valence-corrected chi connectivity index (χ2v) is 5.08. The number of hydrogen-bond donors (Lipinski definition) is 1. The molecule has 1 saturated heterocycles. The Kier molecular flexibility index (Phi) is 4.88. The first kappa shape index (κ1) is 15.1. The van der Waals surface area contributed by atoms with Gasteiger partial charge in [-0.1, -0.05) is 12.1 Å². The van der Waals surface area contributed by atoms with Crippen LogP contribution in [0.15, 0.2) is 24.3 Å². The van der Waals surface area contributed by atoms with E-state index in [1.165, 1.54) is 0 Å². The van der Waals surface area contributed by atoms with Gasteiger partial charge in [0.15, 0.2) is 6.61 Å². The number of ether oxygens (including phenoxy) is 1. The number of benzene rings is 1. The quantitative estimate of drug-likeness (QED) is 0.924. The van der Waals surface area contributed by atoms with Gasteiger partial charge in [0, 0.05) is 13.1 Å². The van der Waals surface area contributed by atoms with E-state index in [4.69, 9.17) is 0 Å². The van der Waals surface area contributed by atoms with E-state index in [0.717, 1.165) is 24.9 Å². The molecule has 0 radical (unpaired) electrons. The largest absolute Gasteiger partial charge is 0.484 e. The minimum atomic E-state index is -4.32. The summed E-state index contributed by atoms with van der Waals surface area (Å²) in [6.07, 6.45) is -2.80. The molecule has 2 rings (SSSR count). The predicted molar refractivity (Wildman–Crippen MR) is 68.5 cm³/mol. The minimum absolute atomic E-state index is 0.213. The van der Waals surface area contributed by atoms with Crippen molar-refractivity contribution >= 4 is 0 Å². The topological polar surface area (TPSA) is 32.7 Å². The first-order chi connectivity index (χ1) is 9.42. The summed E-state index contributed by atoms with van der Waals surface area (Å²) in [6, 6.07) is 6.60. The number of rotatable bonds is 4. The summed E-state index contributed by atoms with van der Waals surface area (Å²) in [5.41, 5.74) is 0.999. The first-order valence-corrected chi connectivity index (χ1v) is 6.61. The van der Waals surface area contributed by atoms with Gasteiger partial charge in [-0.15, -0.1) is 0 Å². The highest BCUT2D eigenvalue weighted by Gasteiger charge is 2.28. The molecule has 112 valence electrons. The first-order valence-electron chi connectivity index (χ1n) is 6.61. The van der Waals surface area contributed by atoms with Gasteiger partial charge in [0.05, 0.1) is 6.10 Å². The summed E-state index contributed by atoms with van der Waals surface area (Å²) >= 11 is 0. The molecule has 0 spiro atoms. The fourth-order valence-electron chi connectivity index (χ4n) is 2.29. The molecule has 20 heavy (non-hydrogen) atoms. The molecular formula is C14H18F3NO2. The number of alkyl halides is 3. The summed E-state index contributed by atoms with van der Waals surface area (Å²) in [6.45, 7) is 0.997. The number of halogens is 3. The Bertz CT molecular complexity index is 419. The predicted octanol–water partition coefficient (Wildman–Crippen LogP) is 2.58. The third kappa shape index (κ3) is 5.02. The lowest BCUT2D eigenvalue weighted by molar-refractivity contribution is -0.153. The van der Waals surface area contributed by atoms with Crippen molar-refractivity contribution in [2.24, 2.45) is 0 Å². The number of hydrogen-bond acceptors (Lipinski definition) is 3. The Morgan fingerprint density at radius 2 is 1.95 bits per heavy atom. The van der Waals surface area contributed by atoms with E-state index < -0.39 is 12.8 Å². The van der Waals surface area contributed by atoms with E-state index in [9.17, 15) is 18.3 Å². The SMILES string of the molecule is OC1CCCN(Cc2ccc(OCC(F)(F)F)cc2)C1. The van der Waals surface area contributed by atoms with E-state index in [1.807, 2.05) is 0 Å². The Morgan fingerprint density at radius 1 is 1.25 bits per heavy atom. The van der Waals surface area contributed by atoms with E-state index in [2.05, 4.69) is 9.64 Å². The number of piperidine rings is 1. The maximum Gasteiger partial charge on any atom is 0.422 e. The monoisotopic (exact) mass is 289 g/mol. The lowest BCUT2D eigenvalue weighted by Crippen LogP contribution is -2.37. The summed E-state index contributed by atoms with van der Waals surface area (Å²) < 4.78 is 40.7. The van der Waals surface area contributed by atoms with Crippen LogP contribution in [0, 0.1) is 0 Å². The zero-order valence-corrected chi connectivity index (χ0v) is 11.1. The fourth-order valence-corrected chi connectivity index (χ4v) is 2.29. The highest BCUT2D eigenvalue weighted by molar-refractivity contribution is 5.27. The fraction of sp³-hybridized carbons (Fsp3) is 0.571. The lowest BCUT2D eigenvalue weighted by atomic mass is 10.1. The van der Waals surface area contributed by atoms with Crippen LogP contribution in [0.5, 0.6) is 5.75 Å². The summed E-state index contributed by atoms with van der Waals surface area (Å²) in [7, 11) is 0. The molecule has 1 atom stereocenters. The van der Waals surface area contributed by atoms with E-state index in [-0.39, 0.29) is 11.9 Å². The number of likely N-dealkylation sites (tertiary alicyclic amines) is 1. The van der Waals surface area contributed by atoms with Crippen LogP contribution in [-0.2, 0) is 6.54 Å². The Hall–Kier alpha value is -1.27. The number of aliphatic hydroxyl groups is 1.